The van der Waals surface area contributed by atoms with Gasteiger partial charge in [-0.05, 0) is 30.2 Å². The van der Waals surface area contributed by atoms with E-state index in [4.69, 9.17) is 4.74 Å². The van der Waals surface area contributed by atoms with Gasteiger partial charge in [-0.2, -0.15) is 0 Å². The van der Waals surface area contributed by atoms with Crippen molar-refractivity contribution >= 4 is 29.2 Å². The Kier molecular flexibility index (Phi) is 4.72. The summed E-state index contributed by atoms with van der Waals surface area (Å²) in [6.07, 6.45) is 0. The smallest absolute Gasteiger partial charge is 0.338 e. The van der Waals surface area contributed by atoms with Gasteiger partial charge >= 0.3 is 5.97 Å². The van der Waals surface area contributed by atoms with Gasteiger partial charge in [0.1, 0.15) is 0 Å². The van der Waals surface area contributed by atoms with Gasteiger partial charge in [-0.25, -0.2) is 9.69 Å². The van der Waals surface area contributed by atoms with Crippen molar-refractivity contribution in [3.05, 3.63) is 69.3 Å². The number of anilines is 1. The van der Waals surface area contributed by atoms with Crippen LogP contribution in [0, 0.1) is 16.0 Å². The van der Waals surface area contributed by atoms with Gasteiger partial charge in [-0.15, -0.1) is 0 Å². The molecule has 0 aliphatic carbocycles. The highest BCUT2D eigenvalue weighted by molar-refractivity contribution is 6.34. The van der Waals surface area contributed by atoms with E-state index in [1.54, 1.807) is 0 Å². The number of ether oxygens (including phenoxy) is 1. The maximum atomic E-state index is 12.7. The summed E-state index contributed by atoms with van der Waals surface area (Å²) in [4.78, 5) is 48.6. The van der Waals surface area contributed by atoms with Gasteiger partial charge in [0.2, 0.25) is 0 Å². The summed E-state index contributed by atoms with van der Waals surface area (Å²) in [6.45, 7) is 4.03. The van der Waals surface area contributed by atoms with Gasteiger partial charge in [0, 0.05) is 12.1 Å². The average Bonchev–Trinajstić information content (AvgIpc) is 2.90. The van der Waals surface area contributed by atoms with Crippen molar-refractivity contribution in [1.29, 1.82) is 0 Å². The van der Waals surface area contributed by atoms with E-state index in [9.17, 15) is 24.5 Å². The third-order valence-corrected chi connectivity index (χ3v) is 3.97. The highest BCUT2D eigenvalue weighted by Gasteiger charge is 2.37. The van der Waals surface area contributed by atoms with Crippen LogP contribution < -0.4 is 4.90 Å². The van der Waals surface area contributed by atoms with E-state index in [0.717, 1.165) is 11.0 Å². The Labute approximate surface area is 154 Å². The molecule has 1 heterocycles. The number of carbonyl (C=O) groups excluding carboxylic acids is 3. The number of imide groups is 1. The molecule has 1 aliphatic heterocycles. The molecule has 2 aromatic rings. The van der Waals surface area contributed by atoms with Crippen molar-refractivity contribution in [2.45, 2.75) is 13.8 Å². The molecule has 0 fully saturated rings. The topological polar surface area (TPSA) is 107 Å². The predicted octanol–water partition coefficient (Wildman–Crippen LogP) is 3.21. The van der Waals surface area contributed by atoms with Crippen molar-refractivity contribution in [1.82, 2.24) is 0 Å². The number of nitro benzene ring substituents is 1. The number of esters is 1. The first kappa shape index (κ1) is 18.2. The SMILES string of the molecule is CC(C)COC(=O)c1ccc2c(c1)C(=O)N(c1cccc([N+](=O)[O-])c1)C2=O. The van der Waals surface area contributed by atoms with Crippen molar-refractivity contribution in [3.63, 3.8) is 0 Å². The summed E-state index contributed by atoms with van der Waals surface area (Å²) in [7, 11) is 0. The van der Waals surface area contributed by atoms with Gasteiger partial charge in [-0.1, -0.05) is 19.9 Å². The summed E-state index contributed by atoms with van der Waals surface area (Å²) in [5.74, 6) is -1.66. The quantitative estimate of drug-likeness (QED) is 0.347. The first-order valence-corrected chi connectivity index (χ1v) is 8.24. The maximum absolute atomic E-state index is 12.7. The van der Waals surface area contributed by atoms with E-state index >= 15 is 0 Å². The molecule has 0 spiro atoms. The molecule has 2 amide bonds. The lowest BCUT2D eigenvalue weighted by atomic mass is 10.1. The minimum Gasteiger partial charge on any atom is -0.462 e. The third kappa shape index (κ3) is 3.41. The molecule has 8 nitrogen and oxygen atoms in total. The summed E-state index contributed by atoms with van der Waals surface area (Å²) in [5.41, 5.74) is 0.218. The Morgan fingerprint density at radius 2 is 1.81 bits per heavy atom. The van der Waals surface area contributed by atoms with Crippen molar-refractivity contribution in [2.75, 3.05) is 11.5 Å². The Bertz CT molecular complexity index is 966. The number of amides is 2. The number of hydrogen-bond acceptors (Lipinski definition) is 6. The lowest BCUT2D eigenvalue weighted by Crippen LogP contribution is -2.29. The summed E-state index contributed by atoms with van der Waals surface area (Å²) < 4.78 is 5.14. The molecule has 3 rings (SSSR count). The van der Waals surface area contributed by atoms with E-state index in [-0.39, 0.29) is 40.6 Å². The number of carbonyl (C=O) groups is 3. The highest BCUT2D eigenvalue weighted by atomic mass is 16.6. The number of nitrogens with zero attached hydrogens (tertiary/aromatic N) is 2. The summed E-state index contributed by atoms with van der Waals surface area (Å²) >= 11 is 0. The molecule has 1 aliphatic rings. The second kappa shape index (κ2) is 6.99. The molecule has 0 N–H and O–H groups in total. The van der Waals surface area contributed by atoms with Crippen molar-refractivity contribution in [3.8, 4) is 0 Å². The zero-order valence-corrected chi connectivity index (χ0v) is 14.7. The number of benzene rings is 2. The fourth-order valence-electron chi connectivity index (χ4n) is 2.67. The highest BCUT2D eigenvalue weighted by Crippen LogP contribution is 2.31. The molecule has 0 unspecified atom stereocenters. The Balaban J connectivity index is 1.93. The van der Waals surface area contributed by atoms with Crippen LogP contribution in [0.1, 0.15) is 44.9 Å². The molecule has 0 aromatic heterocycles. The number of rotatable bonds is 5. The van der Waals surface area contributed by atoms with Crippen LogP contribution in [0.25, 0.3) is 0 Å². The summed E-state index contributed by atoms with van der Waals surface area (Å²) in [5, 5.41) is 10.9. The average molecular weight is 368 g/mol. The van der Waals surface area contributed by atoms with E-state index in [1.807, 2.05) is 13.8 Å². The van der Waals surface area contributed by atoms with Crippen molar-refractivity contribution in [2.24, 2.45) is 5.92 Å². The molecule has 8 heteroatoms. The van der Waals surface area contributed by atoms with E-state index in [0.29, 0.717) is 0 Å². The standard InChI is InChI=1S/C19H16N2O6/c1-11(2)10-27-19(24)12-6-7-15-16(8-12)18(23)20(17(15)22)13-4-3-5-14(9-13)21(25)26/h3-9,11H,10H2,1-2H3. The normalized spacial score (nSPS) is 13.1. The third-order valence-electron chi connectivity index (χ3n) is 3.97. The number of fused-ring (bicyclic) bond motifs is 1. The molecule has 2 aromatic carbocycles. The first-order valence-electron chi connectivity index (χ1n) is 8.24. The van der Waals surface area contributed by atoms with E-state index in [1.165, 1.54) is 36.4 Å². The molecular formula is C19H16N2O6. The van der Waals surface area contributed by atoms with Gasteiger partial charge in [0.05, 0.1) is 33.9 Å². The van der Waals surface area contributed by atoms with Crippen LogP contribution in [0.4, 0.5) is 11.4 Å². The first-order chi connectivity index (χ1) is 12.8. The second-order valence-corrected chi connectivity index (χ2v) is 6.48. The number of non-ortho nitro benzene ring substituents is 1. The monoisotopic (exact) mass is 368 g/mol. The van der Waals surface area contributed by atoms with Crippen LogP contribution in [0.5, 0.6) is 0 Å². The Morgan fingerprint density at radius 1 is 1.11 bits per heavy atom. The maximum Gasteiger partial charge on any atom is 0.338 e. The predicted molar refractivity (Wildman–Crippen MR) is 95.8 cm³/mol. The largest absolute Gasteiger partial charge is 0.462 e. The van der Waals surface area contributed by atoms with Crippen LogP contribution in [-0.4, -0.2) is 29.3 Å². The van der Waals surface area contributed by atoms with E-state index in [2.05, 4.69) is 0 Å². The second-order valence-electron chi connectivity index (χ2n) is 6.48. The Morgan fingerprint density at radius 3 is 2.48 bits per heavy atom. The molecule has 0 atom stereocenters. The van der Waals surface area contributed by atoms with Crippen LogP contribution >= 0.6 is 0 Å². The van der Waals surface area contributed by atoms with E-state index < -0.39 is 22.7 Å². The lowest BCUT2D eigenvalue weighted by Gasteiger charge is -2.13. The van der Waals surface area contributed by atoms with Crippen LogP contribution in [-0.2, 0) is 4.74 Å². The molecule has 0 radical (unpaired) electrons. The fourth-order valence-corrected chi connectivity index (χ4v) is 2.67. The zero-order chi connectivity index (χ0) is 19.7. The van der Waals surface area contributed by atoms with Gasteiger partial charge in [-0.3, -0.25) is 19.7 Å². The molecule has 27 heavy (non-hydrogen) atoms. The molecule has 0 saturated carbocycles. The zero-order valence-electron chi connectivity index (χ0n) is 14.7. The summed E-state index contributed by atoms with van der Waals surface area (Å²) in [6, 6.07) is 9.38. The Hall–Kier alpha value is -3.55. The van der Waals surface area contributed by atoms with Gasteiger partial charge in [0.25, 0.3) is 17.5 Å². The van der Waals surface area contributed by atoms with Crippen molar-refractivity contribution < 1.29 is 24.0 Å². The molecule has 0 saturated heterocycles. The molecular weight excluding hydrogens is 352 g/mol. The minimum absolute atomic E-state index is 0.0607. The van der Waals surface area contributed by atoms with Crippen LogP contribution in [0.15, 0.2) is 42.5 Å². The number of nitro groups is 1. The lowest BCUT2D eigenvalue weighted by molar-refractivity contribution is -0.384. The van der Waals surface area contributed by atoms with Crippen LogP contribution in [0.3, 0.4) is 0 Å². The minimum atomic E-state index is -0.644. The number of hydrogen-bond donors (Lipinski definition) is 0. The molecule has 0 bridgehead atoms. The van der Waals surface area contributed by atoms with Crippen LogP contribution in [0.2, 0.25) is 0 Å². The fraction of sp³-hybridized carbons (Fsp3) is 0.211. The molecule has 138 valence electrons. The van der Waals surface area contributed by atoms with Gasteiger partial charge < -0.3 is 4.74 Å². The van der Waals surface area contributed by atoms with Gasteiger partial charge in [0.15, 0.2) is 0 Å².